The van der Waals surface area contributed by atoms with Gasteiger partial charge in [0.1, 0.15) is 11.5 Å². The molecule has 0 unspecified atom stereocenters. The summed E-state index contributed by atoms with van der Waals surface area (Å²) in [7, 11) is 3.39. The average Bonchev–Trinajstić information content (AvgIpc) is 2.68. The minimum atomic E-state index is -1.82. The molecule has 0 spiro atoms. The lowest BCUT2D eigenvalue weighted by atomic mass is 10.1. The van der Waals surface area contributed by atoms with E-state index in [1.54, 1.807) is 14.2 Å². The molecule has 0 aromatic heterocycles. The molecule has 0 saturated carbocycles. The highest BCUT2D eigenvalue weighted by Crippen LogP contribution is 2.25. The number of aliphatic carboxylic acids is 2. The van der Waals surface area contributed by atoms with E-state index in [0.29, 0.717) is 0 Å². The SMILES string of the molecule is CCN(Cc1ccccc1)Cc1cc(OC)ccc1OC.O=C(O)C(=O)O. The molecule has 0 aliphatic heterocycles. The van der Waals surface area contributed by atoms with Gasteiger partial charge in [0, 0.05) is 18.7 Å². The molecule has 27 heavy (non-hydrogen) atoms. The molecule has 0 atom stereocenters. The molecule has 2 aromatic carbocycles. The summed E-state index contributed by atoms with van der Waals surface area (Å²) in [5.41, 5.74) is 2.47. The summed E-state index contributed by atoms with van der Waals surface area (Å²) in [5.74, 6) is -1.88. The summed E-state index contributed by atoms with van der Waals surface area (Å²) in [6.45, 7) is 4.92. The maximum absolute atomic E-state index is 9.10. The molecule has 0 radical (unpaired) electrons. The van der Waals surface area contributed by atoms with E-state index in [1.807, 2.05) is 24.3 Å². The summed E-state index contributed by atoms with van der Waals surface area (Å²) < 4.78 is 10.8. The van der Waals surface area contributed by atoms with E-state index in [2.05, 4.69) is 36.1 Å². The highest BCUT2D eigenvalue weighted by molar-refractivity contribution is 6.27. The van der Waals surface area contributed by atoms with E-state index in [1.165, 1.54) is 5.56 Å². The van der Waals surface area contributed by atoms with Crippen molar-refractivity contribution >= 4 is 11.9 Å². The molecular weight excluding hydrogens is 350 g/mol. The van der Waals surface area contributed by atoms with Crippen molar-refractivity contribution in [2.45, 2.75) is 20.0 Å². The van der Waals surface area contributed by atoms with Crippen molar-refractivity contribution < 1.29 is 29.3 Å². The van der Waals surface area contributed by atoms with Gasteiger partial charge in [0.25, 0.3) is 0 Å². The van der Waals surface area contributed by atoms with Gasteiger partial charge in [0.2, 0.25) is 0 Å². The van der Waals surface area contributed by atoms with Crippen molar-refractivity contribution in [3.63, 3.8) is 0 Å². The van der Waals surface area contributed by atoms with Gasteiger partial charge in [0.15, 0.2) is 0 Å². The molecule has 0 fully saturated rings. The highest BCUT2D eigenvalue weighted by atomic mass is 16.5. The van der Waals surface area contributed by atoms with Crippen molar-refractivity contribution in [3.8, 4) is 11.5 Å². The van der Waals surface area contributed by atoms with Gasteiger partial charge in [-0.05, 0) is 30.3 Å². The summed E-state index contributed by atoms with van der Waals surface area (Å²) in [5, 5.41) is 14.8. The van der Waals surface area contributed by atoms with E-state index in [-0.39, 0.29) is 0 Å². The Balaban J connectivity index is 0.000000527. The third-order valence-corrected chi connectivity index (χ3v) is 3.76. The zero-order chi connectivity index (χ0) is 20.2. The van der Waals surface area contributed by atoms with Crippen LogP contribution in [0.15, 0.2) is 48.5 Å². The number of ether oxygens (including phenoxy) is 2. The minimum Gasteiger partial charge on any atom is -0.497 e. The number of nitrogens with zero attached hydrogens (tertiary/aromatic N) is 1. The van der Waals surface area contributed by atoms with Gasteiger partial charge in [-0.25, -0.2) is 9.59 Å². The van der Waals surface area contributed by atoms with Gasteiger partial charge in [-0.3, -0.25) is 4.90 Å². The van der Waals surface area contributed by atoms with Crippen molar-refractivity contribution in [3.05, 3.63) is 59.7 Å². The maximum atomic E-state index is 9.10. The smallest absolute Gasteiger partial charge is 0.414 e. The molecule has 0 bridgehead atoms. The first kappa shape index (κ1) is 22.0. The first-order valence-corrected chi connectivity index (χ1v) is 8.34. The van der Waals surface area contributed by atoms with Crippen molar-refractivity contribution in [2.75, 3.05) is 20.8 Å². The molecule has 146 valence electrons. The molecular formula is C20H25NO6. The minimum absolute atomic E-state index is 0.839. The van der Waals surface area contributed by atoms with Gasteiger partial charge in [0.05, 0.1) is 14.2 Å². The van der Waals surface area contributed by atoms with Crippen LogP contribution in [0.5, 0.6) is 11.5 Å². The first-order chi connectivity index (χ1) is 12.9. The Hall–Kier alpha value is -3.06. The number of hydrogen-bond acceptors (Lipinski definition) is 5. The molecule has 0 aliphatic carbocycles. The highest BCUT2D eigenvalue weighted by Gasteiger charge is 2.10. The second kappa shape index (κ2) is 11.5. The fraction of sp³-hybridized carbons (Fsp3) is 0.300. The predicted octanol–water partition coefficient (Wildman–Crippen LogP) is 2.88. The van der Waals surface area contributed by atoms with Crippen LogP contribution in [-0.2, 0) is 22.7 Å². The number of carbonyl (C=O) groups is 2. The lowest BCUT2D eigenvalue weighted by Gasteiger charge is -2.22. The quantitative estimate of drug-likeness (QED) is 0.718. The normalized spacial score (nSPS) is 9.93. The van der Waals surface area contributed by atoms with Crippen LogP contribution < -0.4 is 9.47 Å². The van der Waals surface area contributed by atoms with E-state index < -0.39 is 11.9 Å². The Morgan fingerprint density at radius 1 is 0.926 bits per heavy atom. The van der Waals surface area contributed by atoms with Crippen molar-refractivity contribution in [2.24, 2.45) is 0 Å². The molecule has 0 heterocycles. The average molecular weight is 375 g/mol. The summed E-state index contributed by atoms with van der Waals surface area (Å²) >= 11 is 0. The number of rotatable bonds is 7. The summed E-state index contributed by atoms with van der Waals surface area (Å²) in [4.78, 5) is 20.6. The van der Waals surface area contributed by atoms with Gasteiger partial charge < -0.3 is 19.7 Å². The Kier molecular flexibility index (Phi) is 9.39. The third-order valence-electron chi connectivity index (χ3n) is 3.76. The molecule has 2 rings (SSSR count). The lowest BCUT2D eigenvalue weighted by molar-refractivity contribution is -0.159. The van der Waals surface area contributed by atoms with Gasteiger partial charge >= 0.3 is 11.9 Å². The summed E-state index contributed by atoms with van der Waals surface area (Å²) in [6.07, 6.45) is 0. The van der Waals surface area contributed by atoms with Crippen LogP contribution in [0.4, 0.5) is 0 Å². The molecule has 0 amide bonds. The molecule has 2 aromatic rings. The molecule has 7 heteroatoms. The van der Waals surface area contributed by atoms with Crippen LogP contribution in [-0.4, -0.2) is 47.8 Å². The number of carboxylic acids is 2. The summed E-state index contributed by atoms with van der Waals surface area (Å²) in [6, 6.07) is 16.5. The van der Waals surface area contributed by atoms with Crippen LogP contribution in [0.3, 0.4) is 0 Å². The molecule has 0 saturated heterocycles. The zero-order valence-corrected chi connectivity index (χ0v) is 15.7. The number of methoxy groups -OCH3 is 2. The van der Waals surface area contributed by atoms with Crippen LogP contribution in [0, 0.1) is 0 Å². The number of hydrogen-bond donors (Lipinski definition) is 2. The molecule has 0 aliphatic rings. The van der Waals surface area contributed by atoms with Gasteiger partial charge in [-0.1, -0.05) is 37.3 Å². The van der Waals surface area contributed by atoms with E-state index in [9.17, 15) is 0 Å². The first-order valence-electron chi connectivity index (χ1n) is 8.34. The van der Waals surface area contributed by atoms with Crippen LogP contribution >= 0.6 is 0 Å². The monoisotopic (exact) mass is 375 g/mol. The Morgan fingerprint density at radius 3 is 2.04 bits per heavy atom. The molecule has 2 N–H and O–H groups in total. The van der Waals surface area contributed by atoms with E-state index in [4.69, 9.17) is 29.3 Å². The van der Waals surface area contributed by atoms with Crippen LogP contribution in [0.1, 0.15) is 18.1 Å². The van der Waals surface area contributed by atoms with E-state index in [0.717, 1.165) is 36.7 Å². The number of carboxylic acid groups (broad SMARTS) is 2. The largest absolute Gasteiger partial charge is 0.497 e. The van der Waals surface area contributed by atoms with Crippen LogP contribution in [0.2, 0.25) is 0 Å². The van der Waals surface area contributed by atoms with E-state index >= 15 is 0 Å². The Bertz CT molecular complexity index is 721. The predicted molar refractivity (Wildman–Crippen MR) is 101 cm³/mol. The van der Waals surface area contributed by atoms with Gasteiger partial charge in [-0.15, -0.1) is 0 Å². The topological polar surface area (TPSA) is 96.3 Å². The third kappa shape index (κ3) is 7.79. The maximum Gasteiger partial charge on any atom is 0.414 e. The fourth-order valence-corrected chi connectivity index (χ4v) is 2.37. The fourth-order valence-electron chi connectivity index (χ4n) is 2.37. The van der Waals surface area contributed by atoms with Gasteiger partial charge in [-0.2, -0.15) is 0 Å². The Labute approximate surface area is 158 Å². The zero-order valence-electron chi connectivity index (χ0n) is 15.7. The van der Waals surface area contributed by atoms with Crippen LogP contribution in [0.25, 0.3) is 0 Å². The second-order valence-corrected chi connectivity index (χ2v) is 5.58. The standard InChI is InChI=1S/C18H23NO2.C2H2O4/c1-4-19(13-15-8-6-5-7-9-15)14-16-12-17(20-2)10-11-18(16)21-3;3-1(4)2(5)6/h5-12H,4,13-14H2,1-3H3;(H,3,4)(H,5,6). The van der Waals surface area contributed by atoms with Crippen molar-refractivity contribution in [1.82, 2.24) is 4.90 Å². The second-order valence-electron chi connectivity index (χ2n) is 5.58. The van der Waals surface area contributed by atoms with Crippen molar-refractivity contribution in [1.29, 1.82) is 0 Å². The number of benzene rings is 2. The Morgan fingerprint density at radius 2 is 1.56 bits per heavy atom. The lowest BCUT2D eigenvalue weighted by Crippen LogP contribution is -2.22. The molecule has 7 nitrogen and oxygen atoms in total.